The Morgan fingerprint density at radius 1 is 0.789 bits per heavy atom. The molecule has 2 aromatic carbocycles. The number of fused-ring (bicyclic) bond motifs is 1. The van der Waals surface area contributed by atoms with Crippen LogP contribution in [-0.4, -0.2) is 44.9 Å². The van der Waals surface area contributed by atoms with Gasteiger partial charge in [-0.05, 0) is 36.8 Å². The summed E-state index contributed by atoms with van der Waals surface area (Å²) in [6.45, 7) is 0.478. The van der Waals surface area contributed by atoms with E-state index in [0.29, 0.717) is 29.9 Å². The fourth-order valence-corrected chi connectivity index (χ4v) is 6.30. The van der Waals surface area contributed by atoms with E-state index < -0.39 is 12.0 Å². The van der Waals surface area contributed by atoms with Crippen molar-refractivity contribution in [1.82, 2.24) is 10.2 Å². The first-order chi connectivity index (χ1) is 18.5. The summed E-state index contributed by atoms with van der Waals surface area (Å²) < 4.78 is 0. The smallest absolute Gasteiger partial charge is 0.326 e. The van der Waals surface area contributed by atoms with E-state index >= 15 is 0 Å². The molecule has 2 aliphatic carbocycles. The maximum atomic E-state index is 12.3. The summed E-state index contributed by atoms with van der Waals surface area (Å²) in [5.74, 6) is -0.863. The highest BCUT2D eigenvalue weighted by Gasteiger charge is 2.32. The number of aliphatic carboxylic acids is 1. The first-order valence-corrected chi connectivity index (χ1v) is 14.9. The van der Waals surface area contributed by atoms with Crippen LogP contribution in [0, 0.1) is 0 Å². The minimum atomic E-state index is -0.883. The van der Waals surface area contributed by atoms with Gasteiger partial charge in [0.25, 0.3) is 0 Å². The van der Waals surface area contributed by atoms with Crippen molar-refractivity contribution in [3.05, 3.63) is 71.3 Å². The molecule has 1 atom stereocenters. The molecule has 38 heavy (non-hydrogen) atoms. The van der Waals surface area contributed by atoms with Gasteiger partial charge in [0.2, 0.25) is 0 Å². The van der Waals surface area contributed by atoms with E-state index in [2.05, 4.69) is 5.32 Å². The normalized spacial score (nSPS) is 20.1. The van der Waals surface area contributed by atoms with Gasteiger partial charge < -0.3 is 15.3 Å². The molecule has 1 aliphatic heterocycles. The number of benzene rings is 2. The van der Waals surface area contributed by atoms with Crippen molar-refractivity contribution in [2.45, 2.75) is 108 Å². The zero-order valence-corrected chi connectivity index (χ0v) is 23.3. The van der Waals surface area contributed by atoms with Gasteiger partial charge in [-0.15, -0.1) is 0 Å². The zero-order chi connectivity index (χ0) is 26.7. The van der Waals surface area contributed by atoms with E-state index in [1.54, 1.807) is 17.0 Å². The number of thiocarbonyl (C=S) groups is 1. The summed E-state index contributed by atoms with van der Waals surface area (Å²) >= 11 is 5.48. The molecular formula is C32H42N2O3S. The summed E-state index contributed by atoms with van der Waals surface area (Å²) in [7, 11) is 0. The van der Waals surface area contributed by atoms with Gasteiger partial charge in [0.15, 0.2) is 5.78 Å². The van der Waals surface area contributed by atoms with Gasteiger partial charge >= 0.3 is 5.97 Å². The molecule has 5 nitrogen and oxygen atoms in total. The standard InChI is InChI=1S/C20H19NO3S.C12H23N/c22-18(14-6-2-1-3-7-14)10-11-19(25)21-13-16-9-5-4-8-15(16)12-17(21)20(23)24;1-3-7-11(8-4-1)13-12-9-5-2-6-10-12/h1-9,17H,10-13H2,(H,23,24);11-13H,1-10H2. The van der Waals surface area contributed by atoms with Gasteiger partial charge in [-0.2, -0.15) is 0 Å². The second-order valence-electron chi connectivity index (χ2n) is 11.0. The predicted octanol–water partition coefficient (Wildman–Crippen LogP) is 6.73. The number of carbonyl (C=O) groups excluding carboxylic acids is 1. The van der Waals surface area contributed by atoms with Crippen LogP contribution in [0.4, 0.5) is 0 Å². The molecule has 2 saturated carbocycles. The number of nitrogens with one attached hydrogen (secondary N) is 1. The third kappa shape index (κ3) is 8.21. The SMILES string of the molecule is C1CCC(NC2CCCCC2)CC1.O=C(CCC(=S)N1Cc2ccccc2CC1C(=O)O)c1ccccc1. The molecule has 2 fully saturated rings. The Balaban J connectivity index is 0.000000216. The average Bonchev–Trinajstić information content (AvgIpc) is 2.97. The number of Topliss-reactive ketones (excluding diaryl/α,β-unsaturated/α-hetero) is 1. The second-order valence-corrected chi connectivity index (χ2v) is 11.4. The van der Waals surface area contributed by atoms with Gasteiger partial charge in [0.1, 0.15) is 6.04 Å². The van der Waals surface area contributed by atoms with Gasteiger partial charge in [0.05, 0.1) is 4.99 Å². The van der Waals surface area contributed by atoms with E-state index in [-0.39, 0.29) is 12.2 Å². The fourth-order valence-electron chi connectivity index (χ4n) is 6.01. The maximum absolute atomic E-state index is 12.3. The lowest BCUT2D eigenvalue weighted by Crippen LogP contribution is -2.48. The van der Waals surface area contributed by atoms with E-state index in [1.807, 2.05) is 42.5 Å². The number of nitrogens with zero attached hydrogens (tertiary/aromatic N) is 1. The molecule has 5 rings (SSSR count). The van der Waals surface area contributed by atoms with Crippen LogP contribution >= 0.6 is 12.2 Å². The summed E-state index contributed by atoms with van der Waals surface area (Å²) in [6.07, 6.45) is 15.7. The summed E-state index contributed by atoms with van der Waals surface area (Å²) in [4.78, 5) is 26.2. The lowest BCUT2D eigenvalue weighted by atomic mass is 9.91. The molecule has 1 heterocycles. The highest BCUT2D eigenvalue weighted by Crippen LogP contribution is 2.25. The number of rotatable bonds is 7. The van der Waals surface area contributed by atoms with Crippen molar-refractivity contribution in [1.29, 1.82) is 0 Å². The van der Waals surface area contributed by atoms with Gasteiger partial charge in [-0.1, -0.05) is 105 Å². The van der Waals surface area contributed by atoms with Crippen LogP contribution in [0.2, 0.25) is 0 Å². The van der Waals surface area contributed by atoms with Gasteiger partial charge in [-0.25, -0.2) is 4.79 Å². The Morgan fingerprint density at radius 2 is 1.34 bits per heavy atom. The molecule has 6 heteroatoms. The number of carbonyl (C=O) groups is 2. The Bertz CT molecular complexity index is 1050. The number of hydrogen-bond donors (Lipinski definition) is 2. The van der Waals surface area contributed by atoms with Crippen LogP contribution in [0.25, 0.3) is 0 Å². The summed E-state index contributed by atoms with van der Waals surface area (Å²) in [5.41, 5.74) is 2.80. The molecule has 0 amide bonds. The topological polar surface area (TPSA) is 69.6 Å². The molecule has 2 aromatic rings. The zero-order valence-electron chi connectivity index (χ0n) is 22.4. The van der Waals surface area contributed by atoms with Crippen molar-refractivity contribution in [2.75, 3.05) is 0 Å². The van der Waals surface area contributed by atoms with Crippen molar-refractivity contribution in [3.8, 4) is 0 Å². The van der Waals surface area contributed by atoms with Crippen molar-refractivity contribution >= 4 is 29.0 Å². The van der Waals surface area contributed by atoms with Crippen LogP contribution < -0.4 is 5.32 Å². The third-order valence-electron chi connectivity index (χ3n) is 8.20. The van der Waals surface area contributed by atoms with Gasteiger partial charge in [-0.3, -0.25) is 4.79 Å². The molecule has 1 unspecified atom stereocenters. The first-order valence-electron chi connectivity index (χ1n) is 14.4. The molecule has 0 bridgehead atoms. The Morgan fingerprint density at radius 3 is 1.92 bits per heavy atom. The molecule has 0 spiro atoms. The highest BCUT2D eigenvalue weighted by atomic mass is 32.1. The number of hydrogen-bond acceptors (Lipinski definition) is 4. The quantitative estimate of drug-likeness (QED) is 0.303. The van der Waals surface area contributed by atoms with Crippen LogP contribution in [0.5, 0.6) is 0 Å². The molecular weight excluding hydrogens is 492 g/mol. The minimum Gasteiger partial charge on any atom is -0.480 e. The number of carboxylic acids is 1. The first kappa shape index (κ1) is 28.4. The Kier molecular flexibility index (Phi) is 10.9. The van der Waals surface area contributed by atoms with Crippen LogP contribution in [0.1, 0.15) is 98.5 Å². The second kappa shape index (κ2) is 14.5. The molecule has 3 aliphatic rings. The fraction of sp³-hybridized carbons (Fsp3) is 0.531. The summed E-state index contributed by atoms with van der Waals surface area (Å²) in [5, 5.41) is 13.4. The van der Waals surface area contributed by atoms with Crippen molar-refractivity contribution < 1.29 is 14.7 Å². The van der Waals surface area contributed by atoms with Crippen LogP contribution in [-0.2, 0) is 17.8 Å². The van der Waals surface area contributed by atoms with Crippen LogP contribution in [0.15, 0.2) is 54.6 Å². The Labute approximate surface area is 233 Å². The highest BCUT2D eigenvalue weighted by molar-refractivity contribution is 7.80. The molecule has 0 saturated heterocycles. The predicted molar refractivity (Wildman–Crippen MR) is 157 cm³/mol. The minimum absolute atomic E-state index is 0.0206. The van der Waals surface area contributed by atoms with Gasteiger partial charge in [0, 0.05) is 43.5 Å². The van der Waals surface area contributed by atoms with E-state index in [9.17, 15) is 14.7 Å². The molecule has 204 valence electrons. The molecule has 0 radical (unpaired) electrons. The maximum Gasteiger partial charge on any atom is 0.326 e. The number of ketones is 1. The lowest BCUT2D eigenvalue weighted by Gasteiger charge is -2.36. The summed E-state index contributed by atoms with van der Waals surface area (Å²) in [6, 6.07) is 18.0. The van der Waals surface area contributed by atoms with E-state index in [4.69, 9.17) is 12.2 Å². The third-order valence-corrected chi connectivity index (χ3v) is 8.64. The van der Waals surface area contributed by atoms with Crippen molar-refractivity contribution in [3.63, 3.8) is 0 Å². The molecule has 0 aromatic heterocycles. The van der Waals surface area contributed by atoms with E-state index in [0.717, 1.165) is 23.2 Å². The van der Waals surface area contributed by atoms with E-state index in [1.165, 1.54) is 64.2 Å². The van der Waals surface area contributed by atoms with Crippen LogP contribution in [0.3, 0.4) is 0 Å². The van der Waals surface area contributed by atoms with Crippen molar-refractivity contribution in [2.24, 2.45) is 0 Å². The molecule has 2 N–H and O–H groups in total. The Hall–Kier alpha value is -2.57. The largest absolute Gasteiger partial charge is 0.480 e. The number of carboxylic acid groups (broad SMARTS) is 1. The lowest BCUT2D eigenvalue weighted by molar-refractivity contribution is -0.142. The average molecular weight is 535 g/mol. The monoisotopic (exact) mass is 534 g/mol.